The van der Waals surface area contributed by atoms with Crippen molar-refractivity contribution < 1.29 is 0 Å². The Hall–Kier alpha value is -1.62. The molecule has 0 saturated heterocycles. The highest BCUT2D eigenvalue weighted by atomic mass is 32.1. The first-order chi connectivity index (χ1) is 9.91. The van der Waals surface area contributed by atoms with Crippen LogP contribution < -0.4 is 0 Å². The third kappa shape index (κ3) is 2.11. The molecule has 0 unspecified atom stereocenters. The molecule has 0 aliphatic heterocycles. The summed E-state index contributed by atoms with van der Waals surface area (Å²) in [5.74, 6) is 0.688. The molecule has 21 heavy (non-hydrogen) atoms. The van der Waals surface area contributed by atoms with Crippen LogP contribution in [-0.4, -0.2) is 18.7 Å². The second-order valence-corrected chi connectivity index (χ2v) is 6.72. The summed E-state index contributed by atoms with van der Waals surface area (Å²) in [6.45, 7) is 12.8. The first-order valence-electron chi connectivity index (χ1n) is 7.34. The molecule has 0 atom stereocenters. The molecule has 1 aromatic carbocycles. The Morgan fingerprint density at radius 3 is 1.38 bits per heavy atom. The molecule has 2 heterocycles. The SMILES string of the molecule is Cc1nc2c(C(C)C)c3nsnc3c(C(C)C)c2nc1C. The molecule has 4 nitrogen and oxygen atoms in total. The second kappa shape index (κ2) is 4.98. The molecule has 0 N–H and O–H groups in total. The van der Waals surface area contributed by atoms with Gasteiger partial charge < -0.3 is 0 Å². The zero-order valence-corrected chi connectivity index (χ0v) is 14.2. The van der Waals surface area contributed by atoms with Crippen LogP contribution in [0.2, 0.25) is 0 Å². The third-order valence-corrected chi connectivity index (χ3v) is 4.50. The van der Waals surface area contributed by atoms with E-state index in [0.29, 0.717) is 11.8 Å². The maximum absolute atomic E-state index is 4.84. The van der Waals surface area contributed by atoms with E-state index in [2.05, 4.69) is 36.4 Å². The maximum atomic E-state index is 4.84. The summed E-state index contributed by atoms with van der Waals surface area (Å²) in [5, 5.41) is 0. The fraction of sp³-hybridized carbons (Fsp3) is 0.500. The van der Waals surface area contributed by atoms with E-state index in [0.717, 1.165) is 33.5 Å². The van der Waals surface area contributed by atoms with Crippen molar-refractivity contribution in [2.45, 2.75) is 53.4 Å². The zero-order valence-electron chi connectivity index (χ0n) is 13.4. The van der Waals surface area contributed by atoms with Gasteiger partial charge in [0.2, 0.25) is 0 Å². The lowest BCUT2D eigenvalue weighted by Gasteiger charge is -2.16. The largest absolute Gasteiger partial charge is 0.249 e. The second-order valence-electron chi connectivity index (χ2n) is 6.19. The van der Waals surface area contributed by atoms with Crippen LogP contribution in [0.3, 0.4) is 0 Å². The van der Waals surface area contributed by atoms with Crippen molar-refractivity contribution in [2.75, 3.05) is 0 Å². The summed E-state index contributed by atoms with van der Waals surface area (Å²) in [5.41, 5.74) is 8.33. The van der Waals surface area contributed by atoms with Crippen molar-refractivity contribution >= 4 is 33.8 Å². The lowest BCUT2D eigenvalue weighted by molar-refractivity contribution is 0.860. The number of benzene rings is 1. The van der Waals surface area contributed by atoms with Gasteiger partial charge >= 0.3 is 0 Å². The van der Waals surface area contributed by atoms with Crippen molar-refractivity contribution in [3.63, 3.8) is 0 Å². The lowest BCUT2D eigenvalue weighted by Crippen LogP contribution is -2.04. The minimum atomic E-state index is 0.344. The molecule has 0 radical (unpaired) electrons. The van der Waals surface area contributed by atoms with Crippen LogP contribution in [0.15, 0.2) is 0 Å². The topological polar surface area (TPSA) is 51.6 Å². The molecule has 0 aliphatic carbocycles. The van der Waals surface area contributed by atoms with Gasteiger partial charge in [-0.15, -0.1) is 0 Å². The van der Waals surface area contributed by atoms with Crippen LogP contribution in [0.25, 0.3) is 22.1 Å². The number of hydrogen-bond acceptors (Lipinski definition) is 5. The van der Waals surface area contributed by atoms with E-state index < -0.39 is 0 Å². The molecule has 0 spiro atoms. The molecule has 3 aromatic rings. The summed E-state index contributed by atoms with van der Waals surface area (Å²) in [7, 11) is 0. The Balaban J connectivity index is 2.62. The normalized spacial score (nSPS) is 12.2. The van der Waals surface area contributed by atoms with E-state index in [-0.39, 0.29) is 0 Å². The molecule has 3 rings (SSSR count). The van der Waals surface area contributed by atoms with Crippen LogP contribution in [0, 0.1) is 13.8 Å². The highest BCUT2D eigenvalue weighted by Gasteiger charge is 2.23. The Labute approximate surface area is 129 Å². The van der Waals surface area contributed by atoms with Crippen LogP contribution in [0.1, 0.15) is 62.0 Å². The maximum Gasteiger partial charge on any atom is 0.110 e. The summed E-state index contributed by atoms with van der Waals surface area (Å²) in [4.78, 5) is 9.69. The van der Waals surface area contributed by atoms with Crippen LogP contribution >= 0.6 is 11.7 Å². The molecular weight excluding hydrogens is 280 g/mol. The van der Waals surface area contributed by atoms with Crippen molar-refractivity contribution in [1.82, 2.24) is 18.7 Å². The van der Waals surface area contributed by atoms with Gasteiger partial charge in [-0.3, -0.25) is 0 Å². The number of rotatable bonds is 2. The van der Waals surface area contributed by atoms with E-state index in [1.807, 2.05) is 13.8 Å². The highest BCUT2D eigenvalue weighted by Crippen LogP contribution is 2.37. The van der Waals surface area contributed by atoms with Crippen molar-refractivity contribution in [3.05, 3.63) is 22.5 Å². The molecule has 0 aliphatic rings. The minimum absolute atomic E-state index is 0.344. The van der Waals surface area contributed by atoms with E-state index >= 15 is 0 Å². The van der Waals surface area contributed by atoms with E-state index in [9.17, 15) is 0 Å². The standard InChI is InChI=1S/C16H20N4S/c1-7(2)11-13-14(18-10(6)9(5)17-13)12(8(3)4)16-15(11)19-21-20-16/h7-8H,1-6H3. The summed E-state index contributed by atoms with van der Waals surface area (Å²) in [6, 6.07) is 0. The predicted molar refractivity (Wildman–Crippen MR) is 88.2 cm³/mol. The first-order valence-corrected chi connectivity index (χ1v) is 8.07. The van der Waals surface area contributed by atoms with Crippen molar-refractivity contribution in [1.29, 1.82) is 0 Å². The number of fused-ring (bicyclic) bond motifs is 2. The fourth-order valence-electron chi connectivity index (χ4n) is 2.84. The zero-order chi connectivity index (χ0) is 15.3. The molecule has 5 heteroatoms. The molecule has 110 valence electrons. The van der Waals surface area contributed by atoms with Gasteiger partial charge in [0, 0.05) is 11.1 Å². The smallest absolute Gasteiger partial charge is 0.110 e. The summed E-state index contributed by atoms with van der Waals surface area (Å²) in [6.07, 6.45) is 0. The molecular formula is C16H20N4S. The van der Waals surface area contributed by atoms with Gasteiger partial charge in [0.05, 0.1) is 34.1 Å². The van der Waals surface area contributed by atoms with E-state index in [4.69, 9.17) is 9.97 Å². The summed E-state index contributed by atoms with van der Waals surface area (Å²) >= 11 is 1.28. The lowest BCUT2D eigenvalue weighted by atomic mass is 9.92. The van der Waals surface area contributed by atoms with E-state index in [1.54, 1.807) is 0 Å². The van der Waals surface area contributed by atoms with Gasteiger partial charge in [-0.05, 0) is 25.7 Å². The van der Waals surface area contributed by atoms with Gasteiger partial charge in [-0.1, -0.05) is 27.7 Å². The summed E-state index contributed by atoms with van der Waals surface area (Å²) < 4.78 is 9.10. The quantitative estimate of drug-likeness (QED) is 0.699. The average molecular weight is 300 g/mol. The van der Waals surface area contributed by atoms with Gasteiger partial charge in [0.25, 0.3) is 0 Å². The molecule has 0 amide bonds. The van der Waals surface area contributed by atoms with Gasteiger partial charge in [0.15, 0.2) is 0 Å². The molecule has 2 aromatic heterocycles. The molecule has 0 bridgehead atoms. The number of hydrogen-bond donors (Lipinski definition) is 0. The Kier molecular flexibility index (Phi) is 3.40. The molecule has 0 fully saturated rings. The van der Waals surface area contributed by atoms with Crippen LogP contribution in [0.5, 0.6) is 0 Å². The minimum Gasteiger partial charge on any atom is -0.249 e. The van der Waals surface area contributed by atoms with Gasteiger partial charge in [-0.25, -0.2) is 9.97 Å². The first kappa shape index (κ1) is 14.3. The van der Waals surface area contributed by atoms with E-state index in [1.165, 1.54) is 22.9 Å². The Morgan fingerprint density at radius 1 is 0.667 bits per heavy atom. The third-order valence-electron chi connectivity index (χ3n) is 3.97. The monoisotopic (exact) mass is 300 g/mol. The number of nitrogens with zero attached hydrogens (tertiary/aromatic N) is 4. The highest BCUT2D eigenvalue weighted by molar-refractivity contribution is 7.00. The number of aromatic nitrogens is 4. The van der Waals surface area contributed by atoms with Crippen LogP contribution in [-0.2, 0) is 0 Å². The Bertz CT molecular complexity index is 766. The van der Waals surface area contributed by atoms with Crippen molar-refractivity contribution in [2.24, 2.45) is 0 Å². The molecule has 0 saturated carbocycles. The van der Waals surface area contributed by atoms with Gasteiger partial charge in [0.1, 0.15) is 11.0 Å². The van der Waals surface area contributed by atoms with Gasteiger partial charge in [-0.2, -0.15) is 8.75 Å². The predicted octanol–water partition coefficient (Wildman–Crippen LogP) is 4.50. The number of aryl methyl sites for hydroxylation is 2. The Morgan fingerprint density at radius 2 is 1.05 bits per heavy atom. The van der Waals surface area contributed by atoms with Crippen molar-refractivity contribution in [3.8, 4) is 0 Å². The van der Waals surface area contributed by atoms with Crippen LogP contribution in [0.4, 0.5) is 0 Å². The average Bonchev–Trinajstić information content (AvgIpc) is 2.84. The fourth-order valence-corrected chi connectivity index (χ4v) is 3.41.